The first-order valence-corrected chi connectivity index (χ1v) is 6.45. The van der Waals surface area contributed by atoms with Crippen molar-refractivity contribution in [2.75, 3.05) is 33.3 Å². The van der Waals surface area contributed by atoms with Gasteiger partial charge >= 0.3 is 0 Å². The number of carbonyl (C=O) groups is 1. The Bertz CT molecular complexity index is 228. The van der Waals surface area contributed by atoms with Crippen molar-refractivity contribution >= 4 is 5.91 Å². The smallest absolute Gasteiger partial charge is 0.235 e. The third-order valence-corrected chi connectivity index (χ3v) is 3.29. The molecule has 0 aromatic rings. The van der Waals surface area contributed by atoms with Crippen LogP contribution in [0.15, 0.2) is 0 Å². The lowest BCUT2D eigenvalue weighted by Crippen LogP contribution is -2.51. The van der Waals surface area contributed by atoms with Gasteiger partial charge < -0.3 is 20.7 Å². The summed E-state index contributed by atoms with van der Waals surface area (Å²) >= 11 is 0. The van der Waals surface area contributed by atoms with E-state index in [1.165, 1.54) is 0 Å². The summed E-state index contributed by atoms with van der Waals surface area (Å²) in [7, 11) is 1.76. The lowest BCUT2D eigenvalue weighted by atomic mass is 10.1. The molecule has 5 heteroatoms. The zero-order chi connectivity index (χ0) is 12.7. The number of methoxy groups -OCH3 is 1. The quantitative estimate of drug-likeness (QED) is 0.658. The summed E-state index contributed by atoms with van der Waals surface area (Å²) in [6.45, 7) is 5.59. The van der Waals surface area contributed by atoms with Gasteiger partial charge in [-0.3, -0.25) is 4.79 Å². The summed E-state index contributed by atoms with van der Waals surface area (Å²) in [4.78, 5) is 13.6. The minimum Gasteiger partial charge on any atom is -0.381 e. The standard InChI is InChI=1S/C12H25N3O2/c1-3-6-14-11(12(13)16)9-15-7-4-10(17-2)5-8-15/h10-11,14H,3-9H2,1-2H3,(H2,13,16). The number of carbonyl (C=O) groups excluding carboxylic acids is 1. The fourth-order valence-corrected chi connectivity index (χ4v) is 2.16. The molecule has 1 amide bonds. The normalized spacial score (nSPS) is 20.4. The molecule has 1 aliphatic heterocycles. The molecule has 5 nitrogen and oxygen atoms in total. The van der Waals surface area contributed by atoms with Gasteiger partial charge in [-0.25, -0.2) is 0 Å². The fraction of sp³-hybridized carbons (Fsp3) is 0.917. The first-order valence-electron chi connectivity index (χ1n) is 6.45. The van der Waals surface area contributed by atoms with Gasteiger partial charge in [0.2, 0.25) is 5.91 Å². The summed E-state index contributed by atoms with van der Waals surface area (Å²) in [5.41, 5.74) is 5.40. The number of ether oxygens (including phenoxy) is 1. The molecule has 3 N–H and O–H groups in total. The molecule has 0 spiro atoms. The number of likely N-dealkylation sites (tertiary alicyclic amines) is 1. The van der Waals surface area contributed by atoms with Crippen LogP contribution in [-0.4, -0.2) is 56.2 Å². The Hall–Kier alpha value is -0.650. The number of nitrogens with zero attached hydrogens (tertiary/aromatic N) is 1. The summed E-state index contributed by atoms with van der Waals surface area (Å²) in [6.07, 6.45) is 3.46. The molecule has 1 aliphatic rings. The molecule has 0 saturated carbocycles. The van der Waals surface area contributed by atoms with Crippen LogP contribution in [-0.2, 0) is 9.53 Å². The molecule has 0 aromatic heterocycles. The van der Waals surface area contributed by atoms with E-state index in [9.17, 15) is 4.79 Å². The second-order valence-electron chi connectivity index (χ2n) is 4.64. The van der Waals surface area contributed by atoms with Crippen LogP contribution in [0.2, 0.25) is 0 Å². The summed E-state index contributed by atoms with van der Waals surface area (Å²) in [5, 5.41) is 3.19. The molecule has 1 heterocycles. The van der Waals surface area contributed by atoms with E-state index in [-0.39, 0.29) is 11.9 Å². The number of rotatable bonds is 7. The average molecular weight is 243 g/mol. The Morgan fingerprint density at radius 2 is 2.18 bits per heavy atom. The van der Waals surface area contributed by atoms with Gasteiger partial charge in [0.1, 0.15) is 0 Å². The van der Waals surface area contributed by atoms with E-state index in [4.69, 9.17) is 10.5 Å². The van der Waals surface area contributed by atoms with Crippen LogP contribution in [0.5, 0.6) is 0 Å². The topological polar surface area (TPSA) is 67.6 Å². The van der Waals surface area contributed by atoms with Crippen molar-refractivity contribution in [1.82, 2.24) is 10.2 Å². The van der Waals surface area contributed by atoms with E-state index in [2.05, 4.69) is 17.1 Å². The highest BCUT2D eigenvalue weighted by atomic mass is 16.5. The van der Waals surface area contributed by atoms with Crippen molar-refractivity contribution in [3.8, 4) is 0 Å². The second kappa shape index (κ2) is 7.63. The second-order valence-corrected chi connectivity index (χ2v) is 4.64. The lowest BCUT2D eigenvalue weighted by Gasteiger charge is -2.33. The van der Waals surface area contributed by atoms with Gasteiger partial charge in [-0.2, -0.15) is 0 Å². The first-order chi connectivity index (χ1) is 8.17. The number of nitrogens with two attached hydrogens (primary N) is 1. The van der Waals surface area contributed by atoms with Crippen LogP contribution in [0.1, 0.15) is 26.2 Å². The zero-order valence-electron chi connectivity index (χ0n) is 10.9. The third kappa shape index (κ3) is 5.02. The minimum atomic E-state index is -0.257. The molecular formula is C12H25N3O2. The van der Waals surface area contributed by atoms with E-state index in [1.54, 1.807) is 7.11 Å². The summed E-state index contributed by atoms with van der Waals surface area (Å²) < 4.78 is 5.32. The Labute approximate surface area is 104 Å². The van der Waals surface area contributed by atoms with E-state index < -0.39 is 0 Å². The highest BCUT2D eigenvalue weighted by Gasteiger charge is 2.23. The van der Waals surface area contributed by atoms with Gasteiger partial charge in [-0.05, 0) is 25.8 Å². The van der Waals surface area contributed by atoms with Crippen LogP contribution in [0.3, 0.4) is 0 Å². The average Bonchev–Trinajstić information content (AvgIpc) is 2.35. The SMILES string of the molecule is CCCNC(CN1CCC(OC)CC1)C(N)=O. The maximum atomic E-state index is 11.3. The van der Waals surface area contributed by atoms with Gasteiger partial charge in [0.15, 0.2) is 0 Å². The Morgan fingerprint density at radius 3 is 2.65 bits per heavy atom. The molecule has 0 bridgehead atoms. The molecule has 1 fully saturated rings. The largest absolute Gasteiger partial charge is 0.381 e. The number of piperidine rings is 1. The van der Waals surface area contributed by atoms with E-state index >= 15 is 0 Å². The van der Waals surface area contributed by atoms with Gasteiger partial charge in [0.25, 0.3) is 0 Å². The van der Waals surface area contributed by atoms with Gasteiger partial charge in [0, 0.05) is 26.7 Å². The summed E-state index contributed by atoms with van der Waals surface area (Å²) in [5.74, 6) is -0.257. The summed E-state index contributed by atoms with van der Waals surface area (Å²) in [6, 6.07) is -0.228. The molecule has 1 atom stereocenters. The predicted octanol–water partition coefficient (Wildman–Crippen LogP) is -0.0493. The van der Waals surface area contributed by atoms with E-state index in [0.717, 1.165) is 38.9 Å². The van der Waals surface area contributed by atoms with Crippen LogP contribution >= 0.6 is 0 Å². The fourth-order valence-electron chi connectivity index (χ4n) is 2.16. The van der Waals surface area contributed by atoms with Gasteiger partial charge in [0.05, 0.1) is 12.1 Å². The number of amides is 1. The highest BCUT2D eigenvalue weighted by Crippen LogP contribution is 2.12. The van der Waals surface area contributed by atoms with Crippen molar-refractivity contribution in [1.29, 1.82) is 0 Å². The number of primary amides is 1. The number of hydrogen-bond donors (Lipinski definition) is 2. The lowest BCUT2D eigenvalue weighted by molar-refractivity contribution is -0.120. The molecule has 1 unspecified atom stereocenters. The van der Waals surface area contributed by atoms with Crippen LogP contribution < -0.4 is 11.1 Å². The molecule has 1 rings (SSSR count). The molecule has 0 radical (unpaired) electrons. The van der Waals surface area contributed by atoms with Crippen molar-refractivity contribution < 1.29 is 9.53 Å². The number of hydrogen-bond acceptors (Lipinski definition) is 4. The Balaban J connectivity index is 2.32. The molecular weight excluding hydrogens is 218 g/mol. The molecule has 0 aromatic carbocycles. The molecule has 1 saturated heterocycles. The third-order valence-electron chi connectivity index (χ3n) is 3.29. The minimum absolute atomic E-state index is 0.228. The van der Waals surface area contributed by atoms with Crippen molar-refractivity contribution in [2.45, 2.75) is 38.3 Å². The van der Waals surface area contributed by atoms with Crippen LogP contribution in [0, 0.1) is 0 Å². The predicted molar refractivity (Wildman–Crippen MR) is 67.7 cm³/mol. The molecule has 17 heavy (non-hydrogen) atoms. The molecule has 100 valence electrons. The highest BCUT2D eigenvalue weighted by molar-refractivity contribution is 5.80. The Kier molecular flexibility index (Phi) is 6.47. The van der Waals surface area contributed by atoms with E-state index in [1.807, 2.05) is 0 Å². The number of nitrogens with one attached hydrogen (secondary N) is 1. The maximum Gasteiger partial charge on any atom is 0.235 e. The Morgan fingerprint density at radius 1 is 1.53 bits per heavy atom. The zero-order valence-corrected chi connectivity index (χ0v) is 10.9. The van der Waals surface area contributed by atoms with Crippen molar-refractivity contribution in [2.24, 2.45) is 5.73 Å². The van der Waals surface area contributed by atoms with Crippen LogP contribution in [0.4, 0.5) is 0 Å². The van der Waals surface area contributed by atoms with Crippen molar-refractivity contribution in [3.05, 3.63) is 0 Å². The van der Waals surface area contributed by atoms with Crippen molar-refractivity contribution in [3.63, 3.8) is 0 Å². The van der Waals surface area contributed by atoms with Gasteiger partial charge in [-0.15, -0.1) is 0 Å². The molecule has 0 aliphatic carbocycles. The van der Waals surface area contributed by atoms with E-state index in [0.29, 0.717) is 12.6 Å². The monoisotopic (exact) mass is 243 g/mol. The van der Waals surface area contributed by atoms with Crippen LogP contribution in [0.25, 0.3) is 0 Å². The first kappa shape index (κ1) is 14.4. The maximum absolute atomic E-state index is 11.3. The van der Waals surface area contributed by atoms with Gasteiger partial charge in [-0.1, -0.05) is 6.92 Å².